The van der Waals surface area contributed by atoms with Crippen molar-refractivity contribution in [2.75, 3.05) is 13.1 Å². The Labute approximate surface area is 164 Å². The summed E-state index contributed by atoms with van der Waals surface area (Å²) in [6, 6.07) is 11.0. The summed E-state index contributed by atoms with van der Waals surface area (Å²) in [6.45, 7) is 0.934. The highest BCUT2D eigenvalue weighted by Gasteiger charge is 2.26. The van der Waals surface area contributed by atoms with E-state index >= 15 is 0 Å². The molecule has 1 saturated heterocycles. The maximum Gasteiger partial charge on any atom is 0.256 e. The number of piperidine rings is 1. The number of nitrogens with one attached hydrogen (secondary N) is 1. The fourth-order valence-corrected chi connectivity index (χ4v) is 3.57. The predicted octanol–water partition coefficient (Wildman–Crippen LogP) is 4.28. The second-order valence-electron chi connectivity index (χ2n) is 6.14. The van der Waals surface area contributed by atoms with E-state index < -0.39 is 5.82 Å². The number of nitrogens with zero attached hydrogens (tertiary/aromatic N) is 1. The van der Waals surface area contributed by atoms with Gasteiger partial charge in [0.1, 0.15) is 5.82 Å². The fraction of sp³-hybridized carbons (Fsp3) is 0.263. The van der Waals surface area contributed by atoms with Crippen molar-refractivity contribution in [3.05, 3.63) is 68.9 Å². The van der Waals surface area contributed by atoms with Gasteiger partial charge in [0.05, 0.1) is 11.1 Å². The van der Waals surface area contributed by atoms with Gasteiger partial charge in [-0.2, -0.15) is 0 Å². The summed E-state index contributed by atoms with van der Waals surface area (Å²) in [5, 5.41) is 3.46. The Balaban J connectivity index is 1.59. The molecule has 2 aromatic rings. The quantitative estimate of drug-likeness (QED) is 0.776. The van der Waals surface area contributed by atoms with Crippen LogP contribution in [-0.2, 0) is 0 Å². The second-order valence-corrected chi connectivity index (χ2v) is 7.43. The minimum Gasteiger partial charge on any atom is -0.349 e. The Hall–Kier alpha value is -1.92. The standard InChI is InChI=1S/C19H17BrClFN2O2/c20-16-6-5-12(21)11-15(16)18(25)23-13-7-9-24(10-8-13)19(26)14-3-1-2-4-17(14)22/h1-6,11,13H,7-10H2,(H,23,25). The SMILES string of the molecule is O=C(NC1CCN(C(=O)c2ccccc2F)CC1)c1cc(Cl)ccc1Br. The van der Waals surface area contributed by atoms with Crippen LogP contribution < -0.4 is 5.32 Å². The maximum atomic E-state index is 13.8. The Morgan fingerprint density at radius 2 is 1.81 bits per heavy atom. The van der Waals surface area contributed by atoms with Gasteiger partial charge in [-0.15, -0.1) is 0 Å². The lowest BCUT2D eigenvalue weighted by Gasteiger charge is -2.32. The topological polar surface area (TPSA) is 49.4 Å². The van der Waals surface area contributed by atoms with Crippen molar-refractivity contribution in [2.45, 2.75) is 18.9 Å². The number of hydrogen-bond acceptors (Lipinski definition) is 2. The molecule has 0 spiro atoms. The van der Waals surface area contributed by atoms with Crippen LogP contribution in [0.4, 0.5) is 4.39 Å². The molecule has 1 aliphatic rings. The van der Waals surface area contributed by atoms with Gasteiger partial charge in [0.15, 0.2) is 0 Å². The maximum absolute atomic E-state index is 13.8. The van der Waals surface area contributed by atoms with Crippen molar-refractivity contribution < 1.29 is 14.0 Å². The van der Waals surface area contributed by atoms with E-state index in [1.807, 2.05) is 0 Å². The number of likely N-dealkylation sites (tertiary alicyclic amines) is 1. The lowest BCUT2D eigenvalue weighted by molar-refractivity contribution is 0.0693. The Bertz CT molecular complexity index is 838. The third kappa shape index (κ3) is 4.24. The Morgan fingerprint density at radius 3 is 2.50 bits per heavy atom. The summed E-state index contributed by atoms with van der Waals surface area (Å²) >= 11 is 9.30. The monoisotopic (exact) mass is 438 g/mol. The van der Waals surface area contributed by atoms with Crippen LogP contribution in [0.25, 0.3) is 0 Å². The molecule has 2 aromatic carbocycles. The van der Waals surface area contributed by atoms with Gasteiger partial charge in [-0.3, -0.25) is 9.59 Å². The molecule has 7 heteroatoms. The third-order valence-corrected chi connectivity index (χ3v) is 5.32. The van der Waals surface area contributed by atoms with Crippen LogP contribution in [0.3, 0.4) is 0 Å². The van der Waals surface area contributed by atoms with E-state index in [2.05, 4.69) is 21.2 Å². The van der Waals surface area contributed by atoms with Crippen molar-refractivity contribution >= 4 is 39.3 Å². The van der Waals surface area contributed by atoms with E-state index in [0.29, 0.717) is 41.0 Å². The number of amides is 2. The fourth-order valence-electron chi connectivity index (χ4n) is 2.97. The minimum absolute atomic E-state index is 0.0435. The van der Waals surface area contributed by atoms with Crippen molar-refractivity contribution in [1.29, 1.82) is 0 Å². The highest BCUT2D eigenvalue weighted by Crippen LogP contribution is 2.22. The minimum atomic E-state index is -0.515. The first kappa shape index (κ1) is 18.9. The first-order valence-electron chi connectivity index (χ1n) is 8.25. The van der Waals surface area contributed by atoms with Crippen LogP contribution in [0.15, 0.2) is 46.9 Å². The molecule has 0 radical (unpaired) electrons. The summed E-state index contributed by atoms with van der Waals surface area (Å²) in [6.07, 6.45) is 1.23. The van der Waals surface area contributed by atoms with Gasteiger partial charge in [-0.25, -0.2) is 4.39 Å². The zero-order valence-electron chi connectivity index (χ0n) is 13.8. The number of carbonyl (C=O) groups excluding carboxylic acids is 2. The van der Waals surface area contributed by atoms with Crippen LogP contribution in [0.1, 0.15) is 33.6 Å². The molecule has 136 valence electrons. The predicted molar refractivity (Wildman–Crippen MR) is 102 cm³/mol. The molecule has 1 aliphatic heterocycles. The molecule has 0 aliphatic carbocycles. The van der Waals surface area contributed by atoms with Crippen molar-refractivity contribution in [1.82, 2.24) is 10.2 Å². The largest absolute Gasteiger partial charge is 0.349 e. The zero-order valence-corrected chi connectivity index (χ0v) is 16.2. The third-order valence-electron chi connectivity index (χ3n) is 4.39. The summed E-state index contributed by atoms with van der Waals surface area (Å²) in [4.78, 5) is 26.5. The van der Waals surface area contributed by atoms with Crippen LogP contribution in [0.2, 0.25) is 5.02 Å². The Kier molecular flexibility index (Phi) is 5.94. The second kappa shape index (κ2) is 8.18. The van der Waals surface area contributed by atoms with E-state index in [4.69, 9.17) is 11.6 Å². The molecule has 0 unspecified atom stereocenters. The highest BCUT2D eigenvalue weighted by atomic mass is 79.9. The van der Waals surface area contributed by atoms with Gasteiger partial charge in [0.2, 0.25) is 0 Å². The number of hydrogen-bond donors (Lipinski definition) is 1. The molecule has 1 heterocycles. The van der Waals surface area contributed by atoms with Crippen molar-refractivity contribution in [2.24, 2.45) is 0 Å². The highest BCUT2D eigenvalue weighted by molar-refractivity contribution is 9.10. The molecular formula is C19H17BrClFN2O2. The lowest BCUT2D eigenvalue weighted by Crippen LogP contribution is -2.46. The van der Waals surface area contributed by atoms with Crippen molar-refractivity contribution in [3.63, 3.8) is 0 Å². The van der Waals surface area contributed by atoms with Crippen LogP contribution in [0.5, 0.6) is 0 Å². The lowest BCUT2D eigenvalue weighted by atomic mass is 10.0. The molecule has 2 amide bonds. The number of benzene rings is 2. The number of halogens is 3. The van der Waals surface area contributed by atoms with E-state index in [1.165, 1.54) is 12.1 Å². The van der Waals surface area contributed by atoms with E-state index in [-0.39, 0.29) is 23.4 Å². The van der Waals surface area contributed by atoms with Crippen LogP contribution in [-0.4, -0.2) is 35.8 Å². The molecule has 1 fully saturated rings. The van der Waals surface area contributed by atoms with Gasteiger partial charge in [0, 0.05) is 28.6 Å². The number of carbonyl (C=O) groups is 2. The molecule has 0 saturated carbocycles. The van der Waals surface area contributed by atoms with Crippen LogP contribution >= 0.6 is 27.5 Å². The summed E-state index contributed by atoms with van der Waals surface area (Å²) < 4.78 is 14.5. The van der Waals surface area contributed by atoms with E-state index in [1.54, 1.807) is 35.2 Å². The smallest absolute Gasteiger partial charge is 0.256 e. The van der Waals surface area contributed by atoms with Gasteiger partial charge in [-0.05, 0) is 59.1 Å². The first-order valence-corrected chi connectivity index (χ1v) is 9.42. The summed E-state index contributed by atoms with van der Waals surface area (Å²) in [5.74, 6) is -1.04. The van der Waals surface area contributed by atoms with Gasteiger partial charge < -0.3 is 10.2 Å². The molecule has 0 aromatic heterocycles. The summed E-state index contributed by atoms with van der Waals surface area (Å²) in [5.41, 5.74) is 0.556. The molecule has 0 bridgehead atoms. The normalized spacial score (nSPS) is 15.0. The zero-order chi connectivity index (χ0) is 18.7. The summed E-state index contributed by atoms with van der Waals surface area (Å²) in [7, 11) is 0. The first-order chi connectivity index (χ1) is 12.5. The van der Waals surface area contributed by atoms with Crippen LogP contribution in [0, 0.1) is 5.82 Å². The van der Waals surface area contributed by atoms with E-state index in [0.717, 1.165) is 0 Å². The average Bonchev–Trinajstić information content (AvgIpc) is 2.64. The molecular weight excluding hydrogens is 423 g/mol. The Morgan fingerprint density at radius 1 is 1.12 bits per heavy atom. The molecule has 0 atom stereocenters. The molecule has 26 heavy (non-hydrogen) atoms. The average molecular weight is 440 g/mol. The van der Waals surface area contributed by atoms with Gasteiger partial charge in [0.25, 0.3) is 11.8 Å². The van der Waals surface area contributed by atoms with Crippen molar-refractivity contribution in [3.8, 4) is 0 Å². The van der Waals surface area contributed by atoms with Gasteiger partial charge in [-0.1, -0.05) is 23.7 Å². The molecule has 1 N–H and O–H groups in total. The molecule has 4 nitrogen and oxygen atoms in total. The van der Waals surface area contributed by atoms with E-state index in [9.17, 15) is 14.0 Å². The van der Waals surface area contributed by atoms with Gasteiger partial charge >= 0.3 is 0 Å². The number of rotatable bonds is 3. The molecule has 3 rings (SSSR count).